The van der Waals surface area contributed by atoms with Crippen LogP contribution in [0, 0.1) is 0 Å². The molecule has 7 nitrogen and oxygen atoms in total. The van der Waals surface area contributed by atoms with E-state index in [4.69, 9.17) is 0 Å². The molecule has 3 N–H and O–H groups in total. The third kappa shape index (κ3) is 2.24. The van der Waals surface area contributed by atoms with Crippen molar-refractivity contribution in [2.75, 3.05) is 11.9 Å². The zero-order valence-electron chi connectivity index (χ0n) is 10.7. The maximum absolute atomic E-state index is 12.2. The number of amides is 1. The Morgan fingerprint density at radius 3 is 3.26 bits per heavy atom. The van der Waals surface area contributed by atoms with Crippen molar-refractivity contribution >= 4 is 11.6 Å². The van der Waals surface area contributed by atoms with E-state index in [1.807, 2.05) is 6.92 Å². The second-order valence-electron chi connectivity index (χ2n) is 4.49. The summed E-state index contributed by atoms with van der Waals surface area (Å²) in [4.78, 5) is 12.2. The van der Waals surface area contributed by atoms with E-state index in [9.17, 15) is 4.79 Å². The van der Waals surface area contributed by atoms with Gasteiger partial charge in [-0.15, -0.1) is 0 Å². The minimum absolute atomic E-state index is 0.197. The fourth-order valence-corrected chi connectivity index (χ4v) is 2.20. The van der Waals surface area contributed by atoms with Crippen molar-refractivity contribution in [3.8, 4) is 0 Å². The van der Waals surface area contributed by atoms with E-state index in [0.717, 1.165) is 30.8 Å². The standard InChI is InChI=1S/C12H16N6O/c1-2-18-7-8(5-14-18)15-12(19)11-9-6-13-4-3-10(9)16-17-11/h5,7,13H,2-4,6H2,1H3,(H,15,19)(H,16,17). The van der Waals surface area contributed by atoms with E-state index in [1.54, 1.807) is 17.1 Å². The van der Waals surface area contributed by atoms with Crippen LogP contribution in [0.4, 0.5) is 5.69 Å². The number of aromatic amines is 1. The Morgan fingerprint density at radius 2 is 2.47 bits per heavy atom. The number of hydrogen-bond acceptors (Lipinski definition) is 4. The van der Waals surface area contributed by atoms with Crippen molar-refractivity contribution in [1.82, 2.24) is 25.3 Å². The van der Waals surface area contributed by atoms with Crippen LogP contribution in [0.3, 0.4) is 0 Å². The van der Waals surface area contributed by atoms with Gasteiger partial charge in [-0.25, -0.2) is 0 Å². The first-order valence-electron chi connectivity index (χ1n) is 6.38. The maximum atomic E-state index is 12.2. The number of nitrogens with one attached hydrogen (secondary N) is 3. The molecule has 1 amide bonds. The summed E-state index contributed by atoms with van der Waals surface area (Å²) in [7, 11) is 0. The van der Waals surface area contributed by atoms with Crippen molar-refractivity contribution < 1.29 is 4.79 Å². The number of H-pyrrole nitrogens is 1. The Hall–Kier alpha value is -2.15. The Kier molecular flexibility index (Phi) is 3.04. The molecule has 0 aliphatic carbocycles. The molecule has 2 aromatic heterocycles. The Morgan fingerprint density at radius 1 is 1.58 bits per heavy atom. The smallest absolute Gasteiger partial charge is 0.276 e. The SMILES string of the molecule is CCn1cc(NC(=O)c2n[nH]c3c2CNCC3)cn1. The largest absolute Gasteiger partial charge is 0.318 e. The van der Waals surface area contributed by atoms with Gasteiger partial charge >= 0.3 is 0 Å². The summed E-state index contributed by atoms with van der Waals surface area (Å²) in [5.41, 5.74) is 3.17. The molecule has 0 fully saturated rings. The lowest BCUT2D eigenvalue weighted by atomic mass is 10.1. The molecule has 0 bridgehead atoms. The van der Waals surface area contributed by atoms with Gasteiger partial charge in [-0.1, -0.05) is 0 Å². The lowest BCUT2D eigenvalue weighted by molar-refractivity contribution is 0.102. The van der Waals surface area contributed by atoms with Gasteiger partial charge in [-0.2, -0.15) is 10.2 Å². The average Bonchev–Trinajstić information content (AvgIpc) is 3.04. The minimum Gasteiger partial charge on any atom is -0.318 e. The Balaban J connectivity index is 1.78. The van der Waals surface area contributed by atoms with E-state index in [0.29, 0.717) is 17.9 Å². The van der Waals surface area contributed by atoms with Gasteiger partial charge in [0.15, 0.2) is 5.69 Å². The lowest BCUT2D eigenvalue weighted by Crippen LogP contribution is -2.25. The van der Waals surface area contributed by atoms with Crippen molar-refractivity contribution in [2.24, 2.45) is 0 Å². The van der Waals surface area contributed by atoms with Gasteiger partial charge < -0.3 is 10.6 Å². The molecule has 0 aromatic carbocycles. The highest BCUT2D eigenvalue weighted by molar-refractivity contribution is 6.03. The summed E-state index contributed by atoms with van der Waals surface area (Å²) in [6.07, 6.45) is 4.32. The number of aryl methyl sites for hydroxylation is 1. The molecular weight excluding hydrogens is 244 g/mol. The van der Waals surface area contributed by atoms with Crippen molar-refractivity contribution in [3.05, 3.63) is 29.3 Å². The van der Waals surface area contributed by atoms with Crippen LogP contribution in [0.2, 0.25) is 0 Å². The van der Waals surface area contributed by atoms with Gasteiger partial charge in [-0.3, -0.25) is 14.6 Å². The number of nitrogens with zero attached hydrogens (tertiary/aromatic N) is 3. The molecule has 0 unspecified atom stereocenters. The number of fused-ring (bicyclic) bond motifs is 1. The van der Waals surface area contributed by atoms with Crippen LogP contribution in [0.5, 0.6) is 0 Å². The third-order valence-electron chi connectivity index (χ3n) is 3.24. The van der Waals surface area contributed by atoms with Gasteiger partial charge in [0.1, 0.15) is 0 Å². The quantitative estimate of drug-likeness (QED) is 0.751. The molecule has 3 rings (SSSR count). The van der Waals surface area contributed by atoms with Gasteiger partial charge in [-0.05, 0) is 6.92 Å². The molecule has 7 heteroatoms. The lowest BCUT2D eigenvalue weighted by Gasteiger charge is -2.12. The zero-order valence-corrected chi connectivity index (χ0v) is 10.7. The fraction of sp³-hybridized carbons (Fsp3) is 0.417. The van der Waals surface area contributed by atoms with Crippen LogP contribution >= 0.6 is 0 Å². The number of rotatable bonds is 3. The number of aromatic nitrogens is 4. The minimum atomic E-state index is -0.197. The fourth-order valence-electron chi connectivity index (χ4n) is 2.20. The van der Waals surface area contributed by atoms with Crippen molar-refractivity contribution in [2.45, 2.75) is 26.4 Å². The van der Waals surface area contributed by atoms with Crippen LogP contribution < -0.4 is 10.6 Å². The van der Waals surface area contributed by atoms with Crippen LogP contribution in [-0.2, 0) is 19.5 Å². The van der Waals surface area contributed by atoms with Gasteiger partial charge in [0.25, 0.3) is 5.91 Å². The molecule has 1 aliphatic rings. The molecule has 0 radical (unpaired) electrons. The second kappa shape index (κ2) is 4.85. The highest BCUT2D eigenvalue weighted by atomic mass is 16.2. The van der Waals surface area contributed by atoms with Crippen LogP contribution in [-0.4, -0.2) is 32.4 Å². The summed E-state index contributed by atoms with van der Waals surface area (Å²) in [6, 6.07) is 0. The molecule has 2 aromatic rings. The van der Waals surface area contributed by atoms with Crippen molar-refractivity contribution in [1.29, 1.82) is 0 Å². The Bertz CT molecular complexity index is 599. The number of hydrogen-bond donors (Lipinski definition) is 3. The molecule has 1 aliphatic heterocycles. The highest BCUT2D eigenvalue weighted by Gasteiger charge is 2.21. The molecule has 0 saturated heterocycles. The number of carbonyl (C=O) groups is 1. The van der Waals surface area contributed by atoms with E-state index >= 15 is 0 Å². The van der Waals surface area contributed by atoms with Gasteiger partial charge in [0, 0.05) is 43.5 Å². The molecule has 0 spiro atoms. The summed E-state index contributed by atoms with van der Waals surface area (Å²) < 4.78 is 1.76. The molecular formula is C12H16N6O. The summed E-state index contributed by atoms with van der Waals surface area (Å²) >= 11 is 0. The van der Waals surface area contributed by atoms with Crippen LogP contribution in [0.1, 0.15) is 28.7 Å². The van der Waals surface area contributed by atoms with Gasteiger partial charge in [0.2, 0.25) is 0 Å². The summed E-state index contributed by atoms with van der Waals surface area (Å²) in [5, 5.41) is 17.2. The predicted octanol–water partition coefficient (Wildman–Crippen LogP) is 0.524. The predicted molar refractivity (Wildman–Crippen MR) is 69.9 cm³/mol. The number of anilines is 1. The normalized spacial score (nSPS) is 14.2. The van der Waals surface area contributed by atoms with E-state index in [1.165, 1.54) is 0 Å². The third-order valence-corrected chi connectivity index (χ3v) is 3.24. The first-order chi connectivity index (χ1) is 9.28. The van der Waals surface area contributed by atoms with E-state index in [2.05, 4.69) is 25.9 Å². The highest BCUT2D eigenvalue weighted by Crippen LogP contribution is 2.16. The first-order valence-corrected chi connectivity index (χ1v) is 6.38. The van der Waals surface area contributed by atoms with E-state index < -0.39 is 0 Å². The molecule has 19 heavy (non-hydrogen) atoms. The molecule has 3 heterocycles. The zero-order chi connectivity index (χ0) is 13.2. The second-order valence-corrected chi connectivity index (χ2v) is 4.49. The monoisotopic (exact) mass is 260 g/mol. The van der Waals surface area contributed by atoms with Crippen LogP contribution in [0.25, 0.3) is 0 Å². The molecule has 0 saturated carbocycles. The molecule has 100 valence electrons. The van der Waals surface area contributed by atoms with Crippen LogP contribution in [0.15, 0.2) is 12.4 Å². The number of carbonyl (C=O) groups excluding carboxylic acids is 1. The summed E-state index contributed by atoms with van der Waals surface area (Å²) in [6.45, 7) is 4.37. The average molecular weight is 260 g/mol. The van der Waals surface area contributed by atoms with Crippen molar-refractivity contribution in [3.63, 3.8) is 0 Å². The Labute approximate surface area is 110 Å². The topological polar surface area (TPSA) is 87.6 Å². The first kappa shape index (κ1) is 11.9. The van der Waals surface area contributed by atoms with Gasteiger partial charge in [0.05, 0.1) is 11.9 Å². The molecule has 0 atom stereocenters. The summed E-state index contributed by atoms with van der Waals surface area (Å²) in [5.74, 6) is -0.197. The van der Waals surface area contributed by atoms with E-state index in [-0.39, 0.29) is 5.91 Å². The maximum Gasteiger partial charge on any atom is 0.276 e.